The summed E-state index contributed by atoms with van der Waals surface area (Å²) in [6.07, 6.45) is 1.59. The summed E-state index contributed by atoms with van der Waals surface area (Å²) in [6, 6.07) is 8.65. The van der Waals surface area contributed by atoms with Crippen LogP contribution in [0.5, 0.6) is 11.5 Å². The predicted octanol–water partition coefficient (Wildman–Crippen LogP) is 5.11. The van der Waals surface area contributed by atoms with E-state index in [2.05, 4.69) is 10.5 Å². The van der Waals surface area contributed by atoms with Crippen LogP contribution in [0.3, 0.4) is 0 Å². The van der Waals surface area contributed by atoms with Gasteiger partial charge in [-0.05, 0) is 24.3 Å². The van der Waals surface area contributed by atoms with Crippen molar-refractivity contribution < 1.29 is 9.47 Å². The summed E-state index contributed by atoms with van der Waals surface area (Å²) in [5, 5.41) is 5.35. The van der Waals surface area contributed by atoms with Crippen molar-refractivity contribution in [1.29, 1.82) is 0 Å². The second-order valence-electron chi connectivity index (χ2n) is 4.20. The van der Waals surface area contributed by atoms with Crippen molar-refractivity contribution in [2.24, 2.45) is 5.10 Å². The maximum absolute atomic E-state index is 6.07. The SMILES string of the molecule is COc1cccc(/C=N/Nc2c(Cl)cc(Cl)cc2Cl)c1OC. The Balaban J connectivity index is 2.24. The second-order valence-corrected chi connectivity index (χ2v) is 5.45. The van der Waals surface area contributed by atoms with Gasteiger partial charge in [0.2, 0.25) is 0 Å². The molecule has 0 atom stereocenters. The molecule has 0 saturated heterocycles. The van der Waals surface area contributed by atoms with Gasteiger partial charge < -0.3 is 9.47 Å². The molecule has 0 aliphatic carbocycles. The van der Waals surface area contributed by atoms with Crippen molar-refractivity contribution in [3.05, 3.63) is 51.0 Å². The molecule has 22 heavy (non-hydrogen) atoms. The van der Waals surface area contributed by atoms with Crippen molar-refractivity contribution >= 4 is 46.7 Å². The number of para-hydroxylation sites is 1. The van der Waals surface area contributed by atoms with Crippen LogP contribution in [-0.4, -0.2) is 20.4 Å². The zero-order valence-electron chi connectivity index (χ0n) is 11.9. The first-order valence-corrected chi connectivity index (χ1v) is 7.34. The summed E-state index contributed by atoms with van der Waals surface area (Å²) in [5.74, 6) is 1.21. The van der Waals surface area contributed by atoms with Crippen molar-refractivity contribution in [2.45, 2.75) is 0 Å². The summed E-state index contributed by atoms with van der Waals surface area (Å²) in [6.45, 7) is 0. The molecule has 4 nitrogen and oxygen atoms in total. The maximum Gasteiger partial charge on any atom is 0.169 e. The van der Waals surface area contributed by atoms with Crippen LogP contribution < -0.4 is 14.9 Å². The van der Waals surface area contributed by atoms with E-state index in [4.69, 9.17) is 44.3 Å². The van der Waals surface area contributed by atoms with Crippen molar-refractivity contribution in [2.75, 3.05) is 19.6 Å². The molecule has 0 radical (unpaired) electrons. The number of hydrogen-bond donors (Lipinski definition) is 1. The summed E-state index contributed by atoms with van der Waals surface area (Å²) in [5.41, 5.74) is 4.02. The van der Waals surface area contributed by atoms with E-state index < -0.39 is 0 Å². The first-order valence-electron chi connectivity index (χ1n) is 6.21. The number of anilines is 1. The number of hydrogen-bond acceptors (Lipinski definition) is 4. The summed E-state index contributed by atoms with van der Waals surface area (Å²) >= 11 is 18.0. The lowest BCUT2D eigenvalue weighted by molar-refractivity contribution is 0.354. The molecule has 0 spiro atoms. The highest BCUT2D eigenvalue weighted by atomic mass is 35.5. The topological polar surface area (TPSA) is 42.8 Å². The maximum atomic E-state index is 6.07. The molecule has 0 aromatic heterocycles. The van der Waals surface area contributed by atoms with E-state index >= 15 is 0 Å². The largest absolute Gasteiger partial charge is 0.493 e. The predicted molar refractivity (Wildman–Crippen MR) is 92.2 cm³/mol. The molecule has 2 aromatic carbocycles. The summed E-state index contributed by atoms with van der Waals surface area (Å²) in [4.78, 5) is 0. The fourth-order valence-corrected chi connectivity index (χ4v) is 2.73. The standard InChI is InChI=1S/C15H13Cl3N2O2/c1-21-13-5-3-4-9(15(13)22-2)8-19-20-14-11(17)6-10(16)7-12(14)18/h3-8,20H,1-2H3/b19-8+. The van der Waals surface area contributed by atoms with Crippen LogP contribution in [0.1, 0.15) is 5.56 Å². The zero-order valence-corrected chi connectivity index (χ0v) is 14.1. The molecular weight excluding hydrogens is 347 g/mol. The van der Waals surface area contributed by atoms with Gasteiger partial charge in [-0.3, -0.25) is 5.43 Å². The molecule has 0 heterocycles. The van der Waals surface area contributed by atoms with Crippen molar-refractivity contribution in [3.8, 4) is 11.5 Å². The van der Waals surface area contributed by atoms with Gasteiger partial charge in [0.25, 0.3) is 0 Å². The number of nitrogens with one attached hydrogen (secondary N) is 1. The minimum atomic E-state index is 0.382. The number of ether oxygens (including phenoxy) is 2. The number of halogens is 3. The van der Waals surface area contributed by atoms with E-state index in [0.717, 1.165) is 5.56 Å². The monoisotopic (exact) mass is 358 g/mol. The Morgan fingerprint density at radius 3 is 2.32 bits per heavy atom. The third-order valence-corrected chi connectivity index (χ3v) is 3.63. The Labute approximate surface area is 143 Å². The van der Waals surface area contributed by atoms with Crippen LogP contribution in [-0.2, 0) is 0 Å². The van der Waals surface area contributed by atoms with E-state index in [9.17, 15) is 0 Å². The van der Waals surface area contributed by atoms with Crippen LogP contribution in [0.2, 0.25) is 15.1 Å². The first-order chi connectivity index (χ1) is 10.6. The molecule has 0 amide bonds. The van der Waals surface area contributed by atoms with Crippen LogP contribution in [0.25, 0.3) is 0 Å². The zero-order chi connectivity index (χ0) is 16.1. The highest BCUT2D eigenvalue weighted by Gasteiger charge is 2.09. The van der Waals surface area contributed by atoms with E-state index in [0.29, 0.717) is 32.3 Å². The highest BCUT2D eigenvalue weighted by molar-refractivity contribution is 6.41. The average molecular weight is 360 g/mol. The van der Waals surface area contributed by atoms with Crippen LogP contribution >= 0.6 is 34.8 Å². The number of rotatable bonds is 5. The van der Waals surface area contributed by atoms with Gasteiger partial charge in [0.05, 0.1) is 36.2 Å². The molecule has 116 valence electrons. The van der Waals surface area contributed by atoms with Gasteiger partial charge in [0.1, 0.15) is 0 Å². The molecule has 2 rings (SSSR count). The normalized spacial score (nSPS) is 10.8. The molecule has 2 aromatic rings. The Kier molecular flexibility index (Phi) is 5.77. The minimum Gasteiger partial charge on any atom is -0.493 e. The van der Waals surface area contributed by atoms with Gasteiger partial charge in [-0.1, -0.05) is 40.9 Å². The molecule has 0 bridgehead atoms. The highest BCUT2D eigenvalue weighted by Crippen LogP contribution is 2.34. The average Bonchev–Trinajstić information content (AvgIpc) is 2.49. The van der Waals surface area contributed by atoms with Crippen molar-refractivity contribution in [3.63, 3.8) is 0 Å². The second kappa shape index (κ2) is 7.58. The quantitative estimate of drug-likeness (QED) is 0.596. The smallest absolute Gasteiger partial charge is 0.169 e. The van der Waals surface area contributed by atoms with Gasteiger partial charge in [-0.15, -0.1) is 0 Å². The third kappa shape index (κ3) is 3.77. The number of benzene rings is 2. The summed E-state index contributed by atoms with van der Waals surface area (Å²) in [7, 11) is 3.14. The Morgan fingerprint density at radius 1 is 1.05 bits per heavy atom. The molecule has 1 N–H and O–H groups in total. The van der Waals surface area contributed by atoms with E-state index in [1.165, 1.54) is 0 Å². The Morgan fingerprint density at radius 2 is 1.73 bits per heavy atom. The van der Waals surface area contributed by atoms with Gasteiger partial charge in [0.15, 0.2) is 11.5 Å². The van der Waals surface area contributed by atoms with E-state index in [1.807, 2.05) is 12.1 Å². The first kappa shape index (κ1) is 16.7. The lowest BCUT2D eigenvalue weighted by Gasteiger charge is -2.10. The van der Waals surface area contributed by atoms with Crippen molar-refractivity contribution in [1.82, 2.24) is 0 Å². The van der Waals surface area contributed by atoms with E-state index in [1.54, 1.807) is 38.6 Å². The number of nitrogens with zero attached hydrogens (tertiary/aromatic N) is 1. The molecule has 0 saturated carbocycles. The molecule has 0 aliphatic rings. The molecule has 0 fully saturated rings. The summed E-state index contributed by atoms with van der Waals surface area (Å²) < 4.78 is 10.5. The van der Waals surface area contributed by atoms with Crippen LogP contribution in [0, 0.1) is 0 Å². The molecule has 0 aliphatic heterocycles. The lowest BCUT2D eigenvalue weighted by atomic mass is 10.2. The molecule has 0 unspecified atom stereocenters. The minimum absolute atomic E-state index is 0.382. The Hall–Kier alpha value is -1.62. The van der Waals surface area contributed by atoms with Gasteiger partial charge in [-0.2, -0.15) is 5.10 Å². The van der Waals surface area contributed by atoms with Crippen LogP contribution in [0.4, 0.5) is 5.69 Å². The number of hydrazone groups is 1. The Bertz CT molecular complexity index is 682. The van der Waals surface area contributed by atoms with E-state index in [-0.39, 0.29) is 0 Å². The van der Waals surface area contributed by atoms with Gasteiger partial charge in [0, 0.05) is 10.6 Å². The molecule has 7 heteroatoms. The van der Waals surface area contributed by atoms with Gasteiger partial charge in [-0.25, -0.2) is 0 Å². The number of methoxy groups -OCH3 is 2. The fourth-order valence-electron chi connectivity index (χ4n) is 1.83. The lowest BCUT2D eigenvalue weighted by Crippen LogP contribution is -1.97. The molecular formula is C15H13Cl3N2O2. The van der Waals surface area contributed by atoms with Crippen LogP contribution in [0.15, 0.2) is 35.4 Å². The third-order valence-electron chi connectivity index (χ3n) is 2.82. The fraction of sp³-hybridized carbons (Fsp3) is 0.133. The van der Waals surface area contributed by atoms with Gasteiger partial charge >= 0.3 is 0 Å².